The van der Waals surface area contributed by atoms with E-state index in [9.17, 15) is 29.1 Å². The number of carbonyl (C=O) groups is 5. The lowest BCUT2D eigenvalue weighted by Crippen LogP contribution is -2.58. The second kappa shape index (κ2) is 13.0. The lowest BCUT2D eigenvalue weighted by molar-refractivity contribution is -0.143. The van der Waals surface area contributed by atoms with Gasteiger partial charge in [0.2, 0.25) is 17.7 Å². The van der Waals surface area contributed by atoms with E-state index in [1.807, 2.05) is 0 Å². The van der Waals surface area contributed by atoms with Crippen LogP contribution >= 0.6 is 11.8 Å². The Hall–Kier alpha value is -2.38. The van der Waals surface area contributed by atoms with E-state index in [0.29, 0.717) is 5.75 Å². The maximum atomic E-state index is 12.6. The van der Waals surface area contributed by atoms with Crippen LogP contribution in [0.25, 0.3) is 0 Å². The van der Waals surface area contributed by atoms with Crippen LogP contribution in [0.15, 0.2) is 0 Å². The molecule has 13 heteroatoms. The number of thioether (sulfide) groups is 1. The smallest absolute Gasteiger partial charge is 0.325 e. The molecule has 0 aliphatic rings. The third-order valence-electron chi connectivity index (χ3n) is 3.81. The molecule has 0 fully saturated rings. The lowest BCUT2D eigenvalue weighted by atomic mass is 10.1. The van der Waals surface area contributed by atoms with Crippen molar-refractivity contribution < 1.29 is 39.3 Å². The first-order valence-corrected chi connectivity index (χ1v) is 10.1. The van der Waals surface area contributed by atoms with Crippen LogP contribution in [-0.4, -0.2) is 87.3 Å². The molecule has 0 aliphatic heterocycles. The zero-order chi connectivity index (χ0) is 22.7. The average molecular weight is 436 g/mol. The third-order valence-corrected chi connectivity index (χ3v) is 4.45. The number of carboxylic acid groups (broad SMARTS) is 2. The fourth-order valence-corrected chi connectivity index (χ4v) is 2.49. The normalized spacial score (nSPS) is 15.9. The molecule has 0 spiro atoms. The molecule has 0 saturated carbocycles. The zero-order valence-corrected chi connectivity index (χ0v) is 17.2. The molecule has 0 saturated heterocycles. The van der Waals surface area contributed by atoms with Gasteiger partial charge < -0.3 is 37.0 Å². The molecule has 5 atom stereocenters. The standard InChI is InChI=1S/C16H28N4O8S/c1-7(16(27)28)18-14(25)10(6-11(22)23)20-13(24)9(4-5-29-3)19-15(26)12(17)8(2)21/h7-10,12,21H,4-6,17H2,1-3H3,(H,18,25)(H,19,26)(H,20,24)(H,22,23)(H,27,28). The Morgan fingerprint density at radius 3 is 1.90 bits per heavy atom. The van der Waals surface area contributed by atoms with E-state index in [1.165, 1.54) is 25.6 Å². The average Bonchev–Trinajstić information content (AvgIpc) is 2.62. The predicted molar refractivity (Wildman–Crippen MR) is 104 cm³/mol. The van der Waals surface area contributed by atoms with Crippen molar-refractivity contribution in [3.05, 3.63) is 0 Å². The molecule has 0 heterocycles. The Morgan fingerprint density at radius 2 is 1.45 bits per heavy atom. The van der Waals surface area contributed by atoms with Crippen molar-refractivity contribution in [2.75, 3.05) is 12.0 Å². The first kappa shape index (κ1) is 26.6. The Balaban J connectivity index is 5.33. The highest BCUT2D eigenvalue weighted by Crippen LogP contribution is 2.04. The fraction of sp³-hybridized carbons (Fsp3) is 0.688. The van der Waals surface area contributed by atoms with Crippen molar-refractivity contribution in [1.82, 2.24) is 16.0 Å². The van der Waals surface area contributed by atoms with Gasteiger partial charge in [0, 0.05) is 0 Å². The lowest BCUT2D eigenvalue weighted by Gasteiger charge is -2.24. The Kier molecular flexibility index (Phi) is 11.9. The number of amides is 3. The van der Waals surface area contributed by atoms with E-state index in [2.05, 4.69) is 16.0 Å². The van der Waals surface area contributed by atoms with Gasteiger partial charge in [0.15, 0.2) is 0 Å². The van der Waals surface area contributed by atoms with Crippen LogP contribution < -0.4 is 21.7 Å². The van der Waals surface area contributed by atoms with Gasteiger partial charge in [-0.15, -0.1) is 0 Å². The molecule has 3 amide bonds. The van der Waals surface area contributed by atoms with Gasteiger partial charge in [0.25, 0.3) is 0 Å². The van der Waals surface area contributed by atoms with Crippen LogP contribution in [0.4, 0.5) is 0 Å². The van der Waals surface area contributed by atoms with Gasteiger partial charge in [-0.2, -0.15) is 11.8 Å². The van der Waals surface area contributed by atoms with Crippen molar-refractivity contribution in [2.45, 2.75) is 57.0 Å². The summed E-state index contributed by atoms with van der Waals surface area (Å²) in [4.78, 5) is 58.7. The highest BCUT2D eigenvalue weighted by Gasteiger charge is 2.31. The number of carbonyl (C=O) groups excluding carboxylic acids is 3. The third kappa shape index (κ3) is 10.1. The second-order valence-electron chi connectivity index (χ2n) is 6.34. The number of hydrogen-bond donors (Lipinski definition) is 7. The van der Waals surface area contributed by atoms with Crippen molar-refractivity contribution in [2.24, 2.45) is 5.73 Å². The second-order valence-corrected chi connectivity index (χ2v) is 7.32. The highest BCUT2D eigenvalue weighted by atomic mass is 32.2. The summed E-state index contributed by atoms with van der Waals surface area (Å²) in [6, 6.07) is -5.28. The largest absolute Gasteiger partial charge is 0.481 e. The molecule has 0 aromatic rings. The molecule has 12 nitrogen and oxygen atoms in total. The molecule has 166 valence electrons. The van der Waals surface area contributed by atoms with Crippen LogP contribution in [0.5, 0.6) is 0 Å². The summed E-state index contributed by atoms with van der Waals surface area (Å²) in [5.74, 6) is -4.90. The van der Waals surface area contributed by atoms with E-state index < -0.39 is 66.4 Å². The molecule has 8 N–H and O–H groups in total. The number of nitrogens with two attached hydrogens (primary N) is 1. The van der Waals surface area contributed by atoms with Crippen LogP contribution in [0.3, 0.4) is 0 Å². The molecule has 0 bridgehead atoms. The fourth-order valence-electron chi connectivity index (χ4n) is 2.02. The summed E-state index contributed by atoms with van der Waals surface area (Å²) < 4.78 is 0. The molecule has 0 radical (unpaired) electrons. The van der Waals surface area contributed by atoms with E-state index >= 15 is 0 Å². The Labute approximate surface area is 172 Å². The molecule has 5 unspecified atom stereocenters. The van der Waals surface area contributed by atoms with Gasteiger partial charge in [-0.3, -0.25) is 24.0 Å². The van der Waals surface area contributed by atoms with Gasteiger partial charge >= 0.3 is 11.9 Å². The van der Waals surface area contributed by atoms with Crippen molar-refractivity contribution in [1.29, 1.82) is 0 Å². The van der Waals surface area contributed by atoms with Gasteiger partial charge in [0.05, 0.1) is 12.5 Å². The quantitative estimate of drug-likeness (QED) is 0.161. The van der Waals surface area contributed by atoms with Crippen molar-refractivity contribution in [3.63, 3.8) is 0 Å². The van der Waals surface area contributed by atoms with Crippen molar-refractivity contribution >= 4 is 41.4 Å². The number of aliphatic carboxylic acids is 2. The maximum Gasteiger partial charge on any atom is 0.325 e. The summed E-state index contributed by atoms with van der Waals surface area (Å²) in [5.41, 5.74) is 5.54. The highest BCUT2D eigenvalue weighted by molar-refractivity contribution is 7.98. The minimum atomic E-state index is -1.55. The topological polar surface area (TPSA) is 208 Å². The van der Waals surface area contributed by atoms with Gasteiger partial charge in [-0.1, -0.05) is 0 Å². The van der Waals surface area contributed by atoms with Crippen LogP contribution in [0, 0.1) is 0 Å². The SMILES string of the molecule is CSCCC(NC(=O)C(N)C(C)O)C(=O)NC(CC(=O)O)C(=O)NC(C)C(=O)O. The maximum absolute atomic E-state index is 12.6. The molecular formula is C16H28N4O8S. The number of aliphatic hydroxyl groups is 1. The summed E-state index contributed by atoms with van der Waals surface area (Å²) in [5, 5.41) is 33.9. The molecular weight excluding hydrogens is 408 g/mol. The van der Waals surface area contributed by atoms with Crippen LogP contribution in [-0.2, 0) is 24.0 Å². The number of rotatable bonds is 13. The first-order valence-electron chi connectivity index (χ1n) is 8.69. The van der Waals surface area contributed by atoms with Crippen LogP contribution in [0.2, 0.25) is 0 Å². The molecule has 0 aromatic heterocycles. The molecule has 0 aliphatic carbocycles. The number of hydrogen-bond acceptors (Lipinski definition) is 8. The Morgan fingerprint density at radius 1 is 0.931 bits per heavy atom. The molecule has 0 rings (SSSR count). The van der Waals surface area contributed by atoms with Crippen molar-refractivity contribution in [3.8, 4) is 0 Å². The number of nitrogens with one attached hydrogen (secondary N) is 3. The number of aliphatic hydroxyl groups excluding tert-OH is 1. The minimum absolute atomic E-state index is 0.151. The summed E-state index contributed by atoms with van der Waals surface area (Å²) in [6.45, 7) is 2.48. The van der Waals surface area contributed by atoms with E-state index in [1.54, 1.807) is 6.26 Å². The van der Waals surface area contributed by atoms with Gasteiger partial charge in [-0.25, -0.2) is 0 Å². The molecule has 0 aromatic carbocycles. The summed E-state index contributed by atoms with van der Waals surface area (Å²) in [6.07, 6.45) is -0.0348. The van der Waals surface area contributed by atoms with E-state index in [-0.39, 0.29) is 6.42 Å². The molecule has 29 heavy (non-hydrogen) atoms. The van der Waals surface area contributed by atoms with E-state index in [4.69, 9.17) is 15.9 Å². The summed E-state index contributed by atoms with van der Waals surface area (Å²) >= 11 is 1.39. The van der Waals surface area contributed by atoms with Gasteiger partial charge in [0.1, 0.15) is 24.2 Å². The monoisotopic (exact) mass is 436 g/mol. The first-order chi connectivity index (χ1) is 13.4. The van der Waals surface area contributed by atoms with Gasteiger partial charge in [-0.05, 0) is 32.3 Å². The Bertz CT molecular complexity index is 616. The zero-order valence-electron chi connectivity index (χ0n) is 16.4. The number of carboxylic acids is 2. The minimum Gasteiger partial charge on any atom is -0.481 e. The summed E-state index contributed by atoms with van der Waals surface area (Å²) in [7, 11) is 0. The van der Waals surface area contributed by atoms with Crippen LogP contribution in [0.1, 0.15) is 26.7 Å². The predicted octanol–water partition coefficient (Wildman–Crippen LogP) is -2.52. The van der Waals surface area contributed by atoms with E-state index in [0.717, 1.165) is 0 Å².